The number of carbonyl (C=O) groups is 4. The molecule has 1 aliphatic heterocycles. The summed E-state index contributed by atoms with van der Waals surface area (Å²) < 4.78 is 4.50. The second-order valence-corrected chi connectivity index (χ2v) is 2.78. The van der Waals surface area contributed by atoms with Gasteiger partial charge in [0, 0.05) is 24.3 Å². The highest BCUT2D eigenvalue weighted by molar-refractivity contribution is 5.79. The van der Waals surface area contributed by atoms with Gasteiger partial charge in [-0.2, -0.15) is 0 Å². The maximum Gasteiger partial charge on any atom is 0.327 e. The Bertz CT molecular complexity index is 334. The van der Waals surface area contributed by atoms with Crippen LogP contribution in [-0.4, -0.2) is 57.5 Å². The third-order valence-corrected chi connectivity index (χ3v) is 0.903. The molecule has 0 amide bonds. The van der Waals surface area contributed by atoms with Crippen LogP contribution in [0.1, 0.15) is 0 Å². The first-order valence-corrected chi connectivity index (χ1v) is 5.58. The summed E-state index contributed by atoms with van der Waals surface area (Å²) in [4.78, 5) is 37.0. The number of epoxide rings is 1. The van der Waals surface area contributed by atoms with E-state index in [9.17, 15) is 19.2 Å². The molecule has 9 heteroatoms. The van der Waals surface area contributed by atoms with Crippen molar-refractivity contribution in [2.24, 2.45) is 0 Å². The molecule has 0 aliphatic carbocycles. The topological polar surface area (TPSA) is 162 Å². The van der Waals surface area contributed by atoms with E-state index in [0.717, 1.165) is 37.5 Å². The van der Waals surface area contributed by atoms with E-state index in [4.69, 9.17) is 20.4 Å². The van der Waals surface area contributed by atoms with Crippen molar-refractivity contribution in [1.29, 1.82) is 0 Å². The first kappa shape index (κ1) is 28.0. The van der Waals surface area contributed by atoms with Gasteiger partial charge >= 0.3 is 23.9 Å². The Morgan fingerprint density at radius 1 is 0.609 bits per heavy atom. The average Bonchev–Trinajstić information content (AvgIpc) is 3.37. The smallest absolute Gasteiger partial charge is 0.327 e. The van der Waals surface area contributed by atoms with Crippen molar-refractivity contribution in [3.05, 3.63) is 50.6 Å². The van der Waals surface area contributed by atoms with E-state index in [1.165, 1.54) is 0 Å². The van der Waals surface area contributed by atoms with Gasteiger partial charge in [-0.15, -0.1) is 0 Å². The Balaban J connectivity index is -0.0000000987. The molecule has 0 spiro atoms. The quantitative estimate of drug-likeness (QED) is 0.435. The molecule has 0 bridgehead atoms. The maximum absolute atomic E-state index is 9.25. The van der Waals surface area contributed by atoms with Gasteiger partial charge in [-0.25, -0.2) is 19.2 Å². The predicted molar refractivity (Wildman–Crippen MR) is 82.2 cm³/mol. The zero-order chi connectivity index (χ0) is 19.3. The minimum absolute atomic E-state index is 0.833. The van der Waals surface area contributed by atoms with Gasteiger partial charge in [-0.3, -0.25) is 0 Å². The summed E-state index contributed by atoms with van der Waals surface area (Å²) in [6.07, 6.45) is 3.33. The molecule has 1 heterocycles. The Hall–Kier alpha value is -3.20. The fraction of sp³-hybridized carbons (Fsp3) is 0.143. The van der Waals surface area contributed by atoms with E-state index in [0.29, 0.717) is 0 Å². The highest BCUT2D eigenvalue weighted by Crippen LogP contribution is 1.84. The monoisotopic (exact) mass is 332 g/mol. The van der Waals surface area contributed by atoms with E-state index >= 15 is 0 Å². The molecule has 1 fully saturated rings. The number of carboxylic acid groups (broad SMARTS) is 4. The van der Waals surface area contributed by atoms with Crippen LogP contribution in [0.3, 0.4) is 0 Å². The van der Waals surface area contributed by atoms with Gasteiger partial charge in [0.1, 0.15) is 0 Å². The van der Waals surface area contributed by atoms with Gasteiger partial charge in [0.05, 0.1) is 13.2 Å². The lowest BCUT2D eigenvalue weighted by molar-refractivity contribution is -0.132. The summed E-state index contributed by atoms with van der Waals surface area (Å²) in [6.45, 7) is 13.8. The SMILES string of the molecule is C1CO1.C=CC(=O)O.C=CC(=O)O.C=CC(=O)O.C=CC(=O)O. The van der Waals surface area contributed by atoms with Gasteiger partial charge in [-0.05, 0) is 0 Å². The number of hydrogen-bond donors (Lipinski definition) is 4. The van der Waals surface area contributed by atoms with Crippen LogP contribution < -0.4 is 0 Å². The molecule has 23 heavy (non-hydrogen) atoms. The van der Waals surface area contributed by atoms with Gasteiger partial charge in [0.15, 0.2) is 0 Å². The molecule has 1 aliphatic rings. The van der Waals surface area contributed by atoms with Crippen molar-refractivity contribution >= 4 is 23.9 Å². The van der Waals surface area contributed by atoms with Crippen LogP contribution in [-0.2, 0) is 23.9 Å². The van der Waals surface area contributed by atoms with Crippen LogP contribution >= 0.6 is 0 Å². The minimum Gasteiger partial charge on any atom is -0.478 e. The van der Waals surface area contributed by atoms with Crippen LogP contribution in [0, 0.1) is 0 Å². The second-order valence-electron chi connectivity index (χ2n) is 2.78. The van der Waals surface area contributed by atoms with E-state index in [-0.39, 0.29) is 0 Å². The van der Waals surface area contributed by atoms with Crippen LogP contribution in [0.2, 0.25) is 0 Å². The van der Waals surface area contributed by atoms with Crippen molar-refractivity contribution < 1.29 is 44.3 Å². The third kappa shape index (κ3) is 158. The Morgan fingerprint density at radius 2 is 0.696 bits per heavy atom. The molecule has 0 atom stereocenters. The van der Waals surface area contributed by atoms with Gasteiger partial charge in [-0.1, -0.05) is 26.3 Å². The first-order chi connectivity index (χ1) is 10.6. The van der Waals surface area contributed by atoms with Crippen LogP contribution in [0.15, 0.2) is 50.6 Å². The maximum atomic E-state index is 9.25. The largest absolute Gasteiger partial charge is 0.478 e. The summed E-state index contributed by atoms with van der Waals surface area (Å²) in [5.74, 6) is -3.93. The molecule has 0 aromatic heterocycles. The summed E-state index contributed by atoms with van der Waals surface area (Å²) in [5, 5.41) is 30.4. The average molecular weight is 332 g/mol. The Labute approximate surface area is 133 Å². The summed E-state index contributed by atoms with van der Waals surface area (Å²) in [6, 6.07) is 0. The van der Waals surface area contributed by atoms with Crippen LogP contribution in [0.4, 0.5) is 0 Å². The Kier molecular flexibility index (Phi) is 29.1. The van der Waals surface area contributed by atoms with Crippen LogP contribution in [0.25, 0.3) is 0 Å². The zero-order valence-electron chi connectivity index (χ0n) is 12.4. The lowest BCUT2D eigenvalue weighted by Crippen LogP contribution is -1.82. The zero-order valence-corrected chi connectivity index (χ0v) is 12.4. The number of aliphatic carboxylic acids is 4. The predicted octanol–water partition coefficient (Wildman–Crippen LogP) is 1.04. The first-order valence-electron chi connectivity index (χ1n) is 5.58. The van der Waals surface area contributed by atoms with Gasteiger partial charge < -0.3 is 25.2 Å². The molecule has 0 saturated carbocycles. The highest BCUT2D eigenvalue weighted by atomic mass is 16.6. The lowest BCUT2D eigenvalue weighted by atomic mass is 10.7. The van der Waals surface area contributed by atoms with Gasteiger partial charge in [0.25, 0.3) is 0 Å². The summed E-state index contributed by atoms with van der Waals surface area (Å²) >= 11 is 0. The molecule has 1 saturated heterocycles. The molecule has 4 N–H and O–H groups in total. The molecule has 130 valence electrons. The molecule has 0 unspecified atom stereocenters. The van der Waals surface area contributed by atoms with E-state index < -0.39 is 23.9 Å². The van der Waals surface area contributed by atoms with Gasteiger partial charge in [0.2, 0.25) is 0 Å². The number of carboxylic acids is 4. The molecule has 0 aromatic rings. The number of ether oxygens (including phenoxy) is 1. The molecule has 1 rings (SSSR count). The number of hydrogen-bond acceptors (Lipinski definition) is 5. The summed E-state index contributed by atoms with van der Waals surface area (Å²) in [5.41, 5.74) is 0. The van der Waals surface area contributed by atoms with Crippen LogP contribution in [0.5, 0.6) is 0 Å². The lowest BCUT2D eigenvalue weighted by Gasteiger charge is -1.64. The third-order valence-electron chi connectivity index (χ3n) is 0.903. The fourth-order valence-corrected chi connectivity index (χ4v) is 0. The molecule has 9 nitrogen and oxygen atoms in total. The van der Waals surface area contributed by atoms with E-state index in [1.807, 2.05) is 0 Å². The Morgan fingerprint density at radius 3 is 0.696 bits per heavy atom. The molecular weight excluding hydrogens is 312 g/mol. The molecule has 0 aromatic carbocycles. The minimum atomic E-state index is -0.981. The van der Waals surface area contributed by atoms with E-state index in [1.54, 1.807) is 0 Å². The van der Waals surface area contributed by atoms with Crippen molar-refractivity contribution in [1.82, 2.24) is 0 Å². The summed E-state index contributed by atoms with van der Waals surface area (Å²) in [7, 11) is 0. The van der Waals surface area contributed by atoms with E-state index in [2.05, 4.69) is 31.1 Å². The molecular formula is C14H20O9. The second kappa shape index (κ2) is 23.9. The standard InChI is InChI=1S/4C3H4O2.C2H4O/c4*1-2-3(4)5;1-2-3-1/h4*2H,1H2,(H,4,5);1-2H2. The number of rotatable bonds is 4. The van der Waals surface area contributed by atoms with Crippen molar-refractivity contribution in [3.8, 4) is 0 Å². The van der Waals surface area contributed by atoms with Crippen molar-refractivity contribution in [2.45, 2.75) is 0 Å². The molecule has 0 radical (unpaired) electrons. The van der Waals surface area contributed by atoms with Crippen molar-refractivity contribution in [2.75, 3.05) is 13.2 Å². The fourth-order valence-electron chi connectivity index (χ4n) is 0. The van der Waals surface area contributed by atoms with Crippen molar-refractivity contribution in [3.63, 3.8) is 0 Å². The highest BCUT2D eigenvalue weighted by Gasteiger charge is 1.94. The normalized spacial score (nSPS) is 8.70.